The van der Waals surface area contributed by atoms with Crippen molar-refractivity contribution in [3.63, 3.8) is 0 Å². The van der Waals surface area contributed by atoms with E-state index in [9.17, 15) is 41.4 Å². The molecule has 5 nitrogen and oxygen atoms in total. The number of halogens is 6. The second-order valence-electron chi connectivity index (χ2n) is 8.20. The molecule has 2 aromatic carbocycles. The fraction of sp³-hybridized carbons (Fsp3) is 0.250. The first-order valence-corrected chi connectivity index (χ1v) is 10.4. The first-order chi connectivity index (χ1) is 16.3. The van der Waals surface area contributed by atoms with Crippen molar-refractivity contribution in [1.82, 2.24) is 4.98 Å². The van der Waals surface area contributed by atoms with Gasteiger partial charge in [-0.15, -0.1) is 0 Å². The Kier molecular flexibility index (Phi) is 5.90. The summed E-state index contributed by atoms with van der Waals surface area (Å²) in [5.74, 6) is -1.30. The van der Waals surface area contributed by atoms with Gasteiger partial charge in [0.1, 0.15) is 17.2 Å². The summed E-state index contributed by atoms with van der Waals surface area (Å²) in [7, 11) is 0. The number of aromatic nitrogens is 1. The second-order valence-corrected chi connectivity index (χ2v) is 8.20. The van der Waals surface area contributed by atoms with Crippen LogP contribution in [0, 0.1) is 0 Å². The molecule has 1 atom stereocenters. The zero-order valence-corrected chi connectivity index (χ0v) is 18.1. The van der Waals surface area contributed by atoms with Crippen LogP contribution in [0.2, 0.25) is 0 Å². The molecule has 184 valence electrons. The van der Waals surface area contributed by atoms with Crippen LogP contribution in [0.15, 0.2) is 48.5 Å². The molecule has 1 aliphatic heterocycles. The third-order valence-electron chi connectivity index (χ3n) is 5.81. The van der Waals surface area contributed by atoms with Crippen LogP contribution in [-0.4, -0.2) is 27.1 Å². The average Bonchev–Trinajstić information content (AvgIpc) is 2.76. The number of amides is 1. The highest BCUT2D eigenvalue weighted by Crippen LogP contribution is 2.41. The monoisotopic (exact) mass is 496 g/mol. The first-order valence-electron chi connectivity index (χ1n) is 10.4. The van der Waals surface area contributed by atoms with Crippen molar-refractivity contribution >= 4 is 11.6 Å². The molecule has 2 heterocycles. The molecule has 0 aliphatic carbocycles. The fourth-order valence-corrected chi connectivity index (χ4v) is 4.11. The minimum Gasteiger partial charge on any atom is -0.508 e. The number of anilines is 1. The van der Waals surface area contributed by atoms with Gasteiger partial charge in [-0.25, -0.2) is 4.98 Å². The largest absolute Gasteiger partial charge is 0.508 e. The van der Waals surface area contributed by atoms with Gasteiger partial charge in [-0.05, 0) is 61.7 Å². The Labute approximate surface area is 195 Å². The molecule has 0 fully saturated rings. The van der Waals surface area contributed by atoms with Gasteiger partial charge in [-0.2, -0.15) is 26.3 Å². The van der Waals surface area contributed by atoms with E-state index >= 15 is 0 Å². The molecule has 0 unspecified atom stereocenters. The number of carbonyl (C=O) groups excluding carboxylic acids is 1. The number of pyridine rings is 1. The van der Waals surface area contributed by atoms with Crippen molar-refractivity contribution in [2.75, 3.05) is 4.90 Å². The number of alkyl halides is 6. The standard InChI is InChI=1S/C24H18F6N2O3/c1-12-2-3-13-10-14(21-17(23(25,26)27)7-9-20(31-21)24(28,29)30)4-8-18(13)32(12)22(35)16-6-5-15(33)11-19(16)34/h4-12,33-34H,2-3H2,1H3/t12-/m0/s1. The topological polar surface area (TPSA) is 73.7 Å². The van der Waals surface area contributed by atoms with Crippen LogP contribution in [0.25, 0.3) is 11.3 Å². The summed E-state index contributed by atoms with van der Waals surface area (Å²) in [6.45, 7) is 1.75. The minimum atomic E-state index is -4.94. The number of aryl methyl sites for hydroxylation is 1. The lowest BCUT2D eigenvalue weighted by molar-refractivity contribution is -0.144. The number of nitrogens with zero attached hydrogens (tertiary/aromatic N) is 2. The number of carbonyl (C=O) groups is 1. The summed E-state index contributed by atoms with van der Waals surface area (Å²) in [6.07, 6.45) is -9.09. The van der Waals surface area contributed by atoms with Crippen molar-refractivity contribution in [3.8, 4) is 22.8 Å². The molecule has 0 radical (unpaired) electrons. The maximum Gasteiger partial charge on any atom is 0.433 e. The molecule has 0 saturated carbocycles. The van der Waals surface area contributed by atoms with Crippen molar-refractivity contribution in [1.29, 1.82) is 0 Å². The number of rotatable bonds is 2. The van der Waals surface area contributed by atoms with E-state index in [0.717, 1.165) is 6.07 Å². The van der Waals surface area contributed by atoms with Gasteiger partial charge < -0.3 is 15.1 Å². The van der Waals surface area contributed by atoms with E-state index in [0.29, 0.717) is 30.2 Å². The number of hydrogen-bond donors (Lipinski definition) is 2. The van der Waals surface area contributed by atoms with Gasteiger partial charge in [0, 0.05) is 23.4 Å². The van der Waals surface area contributed by atoms with E-state index in [1.807, 2.05) is 0 Å². The van der Waals surface area contributed by atoms with Crippen LogP contribution >= 0.6 is 0 Å². The summed E-state index contributed by atoms with van der Waals surface area (Å²) < 4.78 is 80.2. The van der Waals surface area contributed by atoms with Crippen molar-refractivity contribution in [2.45, 2.75) is 38.2 Å². The molecule has 1 aliphatic rings. The van der Waals surface area contributed by atoms with Gasteiger partial charge in [0.25, 0.3) is 5.91 Å². The van der Waals surface area contributed by atoms with E-state index in [2.05, 4.69) is 4.98 Å². The molecular weight excluding hydrogens is 478 g/mol. The van der Waals surface area contributed by atoms with Gasteiger partial charge in [0.05, 0.1) is 16.8 Å². The molecule has 35 heavy (non-hydrogen) atoms. The Morgan fingerprint density at radius 3 is 2.31 bits per heavy atom. The summed E-state index contributed by atoms with van der Waals surface area (Å²) in [4.78, 5) is 17.8. The van der Waals surface area contributed by atoms with Crippen molar-refractivity contribution in [2.24, 2.45) is 0 Å². The lowest BCUT2D eigenvalue weighted by atomic mass is 9.92. The Morgan fingerprint density at radius 2 is 1.69 bits per heavy atom. The van der Waals surface area contributed by atoms with E-state index in [4.69, 9.17) is 0 Å². The van der Waals surface area contributed by atoms with Gasteiger partial charge in [0.2, 0.25) is 0 Å². The lowest BCUT2D eigenvalue weighted by Crippen LogP contribution is -2.42. The third kappa shape index (κ3) is 4.62. The molecule has 3 aromatic rings. The van der Waals surface area contributed by atoms with Crippen LogP contribution in [0.5, 0.6) is 11.5 Å². The Hall–Kier alpha value is -3.76. The summed E-state index contributed by atoms with van der Waals surface area (Å²) in [6, 6.07) is 7.62. The number of fused-ring (bicyclic) bond motifs is 1. The molecule has 1 aromatic heterocycles. The summed E-state index contributed by atoms with van der Waals surface area (Å²) >= 11 is 0. The smallest absolute Gasteiger partial charge is 0.433 e. The van der Waals surface area contributed by atoms with Crippen LogP contribution < -0.4 is 4.90 Å². The summed E-state index contributed by atoms with van der Waals surface area (Å²) in [5, 5.41) is 19.6. The summed E-state index contributed by atoms with van der Waals surface area (Å²) in [5.41, 5.74) is -3.09. The van der Waals surface area contributed by atoms with Gasteiger partial charge in [0.15, 0.2) is 0 Å². The molecule has 2 N–H and O–H groups in total. The highest BCUT2D eigenvalue weighted by Gasteiger charge is 2.39. The van der Waals surface area contributed by atoms with Gasteiger partial charge in [-0.3, -0.25) is 4.79 Å². The molecule has 0 saturated heterocycles. The lowest BCUT2D eigenvalue weighted by Gasteiger charge is -2.35. The zero-order chi connectivity index (χ0) is 25.7. The van der Waals surface area contributed by atoms with Crippen LogP contribution in [0.1, 0.15) is 40.5 Å². The Bertz CT molecular complexity index is 1300. The van der Waals surface area contributed by atoms with Crippen LogP contribution in [0.4, 0.5) is 32.0 Å². The molecule has 0 bridgehead atoms. The fourth-order valence-electron chi connectivity index (χ4n) is 4.11. The second kappa shape index (κ2) is 8.47. The number of aromatic hydroxyl groups is 2. The third-order valence-corrected chi connectivity index (χ3v) is 5.81. The highest BCUT2D eigenvalue weighted by atomic mass is 19.4. The first kappa shape index (κ1) is 24.4. The maximum atomic E-state index is 13.6. The molecular formula is C24H18F6N2O3. The molecule has 11 heteroatoms. The van der Waals surface area contributed by atoms with Crippen LogP contribution in [-0.2, 0) is 18.8 Å². The van der Waals surface area contributed by atoms with Gasteiger partial charge >= 0.3 is 12.4 Å². The molecule has 1 amide bonds. The maximum absolute atomic E-state index is 13.6. The number of hydrogen-bond acceptors (Lipinski definition) is 4. The quantitative estimate of drug-likeness (QED) is 0.416. The Morgan fingerprint density at radius 1 is 0.971 bits per heavy atom. The predicted octanol–water partition coefficient (Wildman–Crippen LogP) is 6.18. The highest BCUT2D eigenvalue weighted by molar-refractivity contribution is 6.09. The van der Waals surface area contributed by atoms with Crippen LogP contribution in [0.3, 0.4) is 0 Å². The molecule has 0 spiro atoms. The average molecular weight is 496 g/mol. The minimum absolute atomic E-state index is 0.0921. The number of benzene rings is 2. The van der Waals surface area contributed by atoms with E-state index < -0.39 is 41.0 Å². The zero-order valence-electron chi connectivity index (χ0n) is 18.1. The van der Waals surface area contributed by atoms with Gasteiger partial charge in [-0.1, -0.05) is 6.07 Å². The predicted molar refractivity (Wildman–Crippen MR) is 114 cm³/mol. The number of phenols is 2. The Balaban J connectivity index is 1.81. The molecule has 4 rings (SSSR count). The van der Waals surface area contributed by atoms with Crippen molar-refractivity contribution in [3.05, 3.63) is 70.9 Å². The van der Waals surface area contributed by atoms with E-state index in [1.165, 1.54) is 35.2 Å². The van der Waals surface area contributed by atoms with E-state index in [-0.39, 0.29) is 29.0 Å². The number of phenolic OH excluding ortho intramolecular Hbond substituents is 2. The van der Waals surface area contributed by atoms with E-state index in [1.54, 1.807) is 6.92 Å². The normalized spacial score (nSPS) is 16.2. The van der Waals surface area contributed by atoms with Crippen molar-refractivity contribution < 1.29 is 41.4 Å². The SMILES string of the molecule is C[C@H]1CCc2cc(-c3nc(C(F)(F)F)ccc3C(F)(F)F)ccc2N1C(=O)c1ccc(O)cc1O.